The number of rotatable bonds is 5. The van der Waals surface area contributed by atoms with E-state index in [1.165, 1.54) is 12.1 Å². The molecule has 9 heteroatoms. The first-order valence-electron chi connectivity index (χ1n) is 10.7. The monoisotopic (exact) mass is 444 g/mol. The highest BCUT2D eigenvalue weighted by atomic mass is 19.3. The fourth-order valence-corrected chi connectivity index (χ4v) is 4.05. The number of nitrogens with one attached hydrogen (secondary N) is 1. The molecule has 0 amide bonds. The predicted molar refractivity (Wildman–Crippen MR) is 120 cm³/mol. The maximum absolute atomic E-state index is 14.7. The van der Waals surface area contributed by atoms with E-state index >= 15 is 0 Å². The van der Waals surface area contributed by atoms with Crippen LogP contribution in [-0.2, 0) is 0 Å². The molecule has 1 fully saturated rings. The van der Waals surface area contributed by atoms with E-state index in [-0.39, 0.29) is 5.56 Å². The molecular formula is C23H27F3N6. The van der Waals surface area contributed by atoms with Crippen molar-refractivity contribution < 1.29 is 13.2 Å². The molecule has 0 unspecified atom stereocenters. The Morgan fingerprint density at radius 1 is 1.06 bits per heavy atom. The smallest absolute Gasteiger partial charge is 0.266 e. The van der Waals surface area contributed by atoms with Gasteiger partial charge in [-0.3, -0.25) is 0 Å². The van der Waals surface area contributed by atoms with Crippen LogP contribution in [0.3, 0.4) is 0 Å². The van der Waals surface area contributed by atoms with E-state index in [1.54, 1.807) is 20.0 Å². The number of aromatic nitrogens is 3. The molecule has 1 saturated heterocycles. The van der Waals surface area contributed by atoms with Crippen LogP contribution in [0.4, 0.5) is 24.8 Å². The molecule has 3 heterocycles. The normalized spacial score (nSPS) is 16.4. The van der Waals surface area contributed by atoms with Gasteiger partial charge in [0.2, 0.25) is 0 Å². The number of pyridine rings is 1. The summed E-state index contributed by atoms with van der Waals surface area (Å²) in [7, 11) is 2.11. The highest BCUT2D eigenvalue weighted by molar-refractivity contribution is 5.90. The summed E-state index contributed by atoms with van der Waals surface area (Å²) in [6.07, 6.45) is -0.102. The fourth-order valence-electron chi connectivity index (χ4n) is 4.05. The van der Waals surface area contributed by atoms with Gasteiger partial charge >= 0.3 is 0 Å². The number of hydrogen-bond acceptors (Lipinski definition) is 6. The summed E-state index contributed by atoms with van der Waals surface area (Å²) in [5.41, 5.74) is 0.235. The topological polar surface area (TPSA) is 57.2 Å². The number of aryl methyl sites for hydroxylation is 1. The molecule has 4 rings (SSSR count). The lowest BCUT2D eigenvalue weighted by molar-refractivity contribution is 0.146. The van der Waals surface area contributed by atoms with Gasteiger partial charge in [0.1, 0.15) is 23.3 Å². The fraction of sp³-hybridized carbons (Fsp3) is 0.435. The SMILES string of the molecule is Cc1nc(N[C@H](C)c2cccc(C(F)F)c2F)c2cc(N3CCCN(C)CC3)ncc2n1. The number of benzene rings is 1. The largest absolute Gasteiger partial charge is 0.363 e. The van der Waals surface area contributed by atoms with Gasteiger partial charge in [0.05, 0.1) is 23.3 Å². The average Bonchev–Trinajstić information content (AvgIpc) is 2.97. The molecule has 1 aliphatic heterocycles. The Balaban J connectivity index is 1.68. The number of hydrogen-bond donors (Lipinski definition) is 1. The number of nitrogens with zero attached hydrogens (tertiary/aromatic N) is 5. The second-order valence-electron chi connectivity index (χ2n) is 8.24. The molecule has 1 aliphatic rings. The number of halogens is 3. The van der Waals surface area contributed by atoms with Crippen molar-refractivity contribution in [2.24, 2.45) is 0 Å². The maximum Gasteiger partial charge on any atom is 0.266 e. The van der Waals surface area contributed by atoms with E-state index in [0.29, 0.717) is 17.2 Å². The minimum atomic E-state index is -2.87. The zero-order chi connectivity index (χ0) is 22.8. The van der Waals surface area contributed by atoms with Gasteiger partial charge in [-0.2, -0.15) is 0 Å². The highest BCUT2D eigenvalue weighted by Crippen LogP contribution is 2.31. The summed E-state index contributed by atoms with van der Waals surface area (Å²) < 4.78 is 40.9. The van der Waals surface area contributed by atoms with Crippen LogP contribution >= 0.6 is 0 Å². The number of fused-ring (bicyclic) bond motifs is 1. The van der Waals surface area contributed by atoms with Gasteiger partial charge in [-0.15, -0.1) is 0 Å². The third kappa shape index (κ3) is 4.62. The molecule has 1 aromatic carbocycles. The summed E-state index contributed by atoms with van der Waals surface area (Å²) in [6.45, 7) is 7.26. The van der Waals surface area contributed by atoms with Gasteiger partial charge in [0.25, 0.3) is 6.43 Å². The first-order valence-corrected chi connectivity index (χ1v) is 10.7. The Morgan fingerprint density at radius 3 is 2.62 bits per heavy atom. The van der Waals surface area contributed by atoms with Crippen LogP contribution in [0.5, 0.6) is 0 Å². The average molecular weight is 445 g/mol. The lowest BCUT2D eigenvalue weighted by atomic mass is 10.0. The Bertz CT molecular complexity index is 1110. The van der Waals surface area contributed by atoms with E-state index < -0.39 is 23.8 Å². The summed E-state index contributed by atoms with van der Waals surface area (Å²) in [5, 5.41) is 3.97. The van der Waals surface area contributed by atoms with Crippen LogP contribution < -0.4 is 10.2 Å². The molecule has 0 aliphatic carbocycles. The molecule has 2 aromatic heterocycles. The molecule has 3 aromatic rings. The highest BCUT2D eigenvalue weighted by Gasteiger charge is 2.21. The van der Waals surface area contributed by atoms with Crippen LogP contribution in [-0.4, -0.2) is 53.1 Å². The maximum atomic E-state index is 14.7. The van der Waals surface area contributed by atoms with Crippen LogP contribution in [0.15, 0.2) is 30.5 Å². The Kier molecular flexibility index (Phi) is 6.45. The van der Waals surface area contributed by atoms with Crippen molar-refractivity contribution in [2.75, 3.05) is 43.4 Å². The van der Waals surface area contributed by atoms with E-state index in [9.17, 15) is 13.2 Å². The van der Waals surface area contributed by atoms with Gasteiger partial charge in [-0.1, -0.05) is 18.2 Å². The molecule has 1 atom stereocenters. The molecule has 170 valence electrons. The molecule has 0 bridgehead atoms. The van der Waals surface area contributed by atoms with Crippen molar-refractivity contribution >= 4 is 22.5 Å². The van der Waals surface area contributed by atoms with Crippen LogP contribution in [0.1, 0.15) is 42.8 Å². The number of alkyl halides is 2. The lowest BCUT2D eigenvalue weighted by Gasteiger charge is -2.23. The third-order valence-electron chi connectivity index (χ3n) is 5.84. The lowest BCUT2D eigenvalue weighted by Crippen LogP contribution is -2.29. The second kappa shape index (κ2) is 9.28. The zero-order valence-corrected chi connectivity index (χ0v) is 18.4. The predicted octanol–water partition coefficient (Wildman–Crippen LogP) is 4.72. The first kappa shape index (κ1) is 22.3. The van der Waals surface area contributed by atoms with E-state index in [4.69, 9.17) is 0 Å². The standard InChI is InChI=1S/C23H27F3N6/c1-14(16-6-4-7-17(21(16)24)22(25)26)28-23-18-12-20(27-13-19(18)29-15(2)30-23)32-9-5-8-31(3)10-11-32/h4,6-7,12-14,22H,5,8-11H2,1-3H3,(H,28,29,30)/t14-/m1/s1. The molecular weight excluding hydrogens is 417 g/mol. The van der Waals surface area contributed by atoms with Gasteiger partial charge in [-0.25, -0.2) is 28.1 Å². The number of likely N-dealkylation sites (N-methyl/N-ethyl adjacent to an activating group) is 1. The number of anilines is 2. The van der Waals surface area contributed by atoms with Gasteiger partial charge in [-0.05, 0) is 39.9 Å². The Morgan fingerprint density at radius 2 is 1.84 bits per heavy atom. The van der Waals surface area contributed by atoms with Gasteiger partial charge in [0.15, 0.2) is 0 Å². The van der Waals surface area contributed by atoms with Crippen LogP contribution in [0, 0.1) is 12.7 Å². The Labute approximate surface area is 185 Å². The van der Waals surface area contributed by atoms with E-state index in [2.05, 4.69) is 37.1 Å². The van der Waals surface area contributed by atoms with E-state index in [0.717, 1.165) is 49.9 Å². The third-order valence-corrected chi connectivity index (χ3v) is 5.84. The van der Waals surface area contributed by atoms with Gasteiger partial charge < -0.3 is 15.1 Å². The minimum Gasteiger partial charge on any atom is -0.363 e. The van der Waals surface area contributed by atoms with Crippen molar-refractivity contribution in [1.82, 2.24) is 19.9 Å². The van der Waals surface area contributed by atoms with Crippen LogP contribution in [0.25, 0.3) is 10.9 Å². The zero-order valence-electron chi connectivity index (χ0n) is 18.4. The van der Waals surface area contributed by atoms with E-state index in [1.807, 2.05) is 6.07 Å². The summed E-state index contributed by atoms with van der Waals surface area (Å²) in [4.78, 5) is 18.1. The summed E-state index contributed by atoms with van der Waals surface area (Å²) in [5.74, 6) is 1.01. The quantitative estimate of drug-likeness (QED) is 0.614. The van der Waals surface area contributed by atoms with Gasteiger partial charge in [0, 0.05) is 30.6 Å². The van der Waals surface area contributed by atoms with Crippen molar-refractivity contribution in [3.63, 3.8) is 0 Å². The first-order chi connectivity index (χ1) is 15.3. The van der Waals surface area contributed by atoms with Crippen molar-refractivity contribution in [3.05, 3.63) is 53.2 Å². The minimum absolute atomic E-state index is 0.164. The summed E-state index contributed by atoms with van der Waals surface area (Å²) in [6, 6.07) is 5.43. The molecule has 1 N–H and O–H groups in total. The van der Waals surface area contributed by atoms with Crippen molar-refractivity contribution in [3.8, 4) is 0 Å². The molecule has 0 radical (unpaired) electrons. The summed E-state index contributed by atoms with van der Waals surface area (Å²) >= 11 is 0. The van der Waals surface area contributed by atoms with Crippen molar-refractivity contribution in [1.29, 1.82) is 0 Å². The molecule has 0 spiro atoms. The molecule has 32 heavy (non-hydrogen) atoms. The molecule has 6 nitrogen and oxygen atoms in total. The second-order valence-corrected chi connectivity index (χ2v) is 8.24. The van der Waals surface area contributed by atoms with Crippen LogP contribution in [0.2, 0.25) is 0 Å². The Hall–Kier alpha value is -2.94. The van der Waals surface area contributed by atoms with Crippen molar-refractivity contribution in [2.45, 2.75) is 32.7 Å². The molecule has 0 saturated carbocycles.